The summed E-state index contributed by atoms with van der Waals surface area (Å²) in [5, 5.41) is 0. The molecule has 10 heteroatoms. The Balaban J connectivity index is 3.09. The summed E-state index contributed by atoms with van der Waals surface area (Å²) in [4.78, 5) is 27.8. The smallest absolute Gasteiger partial charge is 0.270 e. The molecule has 0 spiro atoms. The summed E-state index contributed by atoms with van der Waals surface area (Å²) in [6, 6.07) is -0.728. The minimum atomic E-state index is -1.59. The van der Waals surface area contributed by atoms with Gasteiger partial charge in [0.2, 0.25) is 5.91 Å². The summed E-state index contributed by atoms with van der Waals surface area (Å²) < 4.78 is -3.11. The molecule has 3 atom stereocenters. The third-order valence-electron chi connectivity index (χ3n) is 4.04. The molecule has 0 radical (unpaired) electrons. The van der Waals surface area contributed by atoms with E-state index in [2.05, 4.69) is 0 Å². The minimum Gasteiger partial charge on any atom is -0.328 e. The summed E-state index contributed by atoms with van der Waals surface area (Å²) in [5.74, 6) is -1.65. The number of halogens is 6. The van der Waals surface area contributed by atoms with Gasteiger partial charge < -0.3 is 9.80 Å². The maximum Gasteiger partial charge on any atom is 0.270 e. The van der Waals surface area contributed by atoms with E-state index < -0.39 is 25.5 Å². The van der Waals surface area contributed by atoms with Crippen LogP contribution in [0.25, 0.3) is 0 Å². The van der Waals surface area contributed by atoms with Crippen LogP contribution in [0, 0.1) is 11.8 Å². The van der Waals surface area contributed by atoms with Gasteiger partial charge in [0.05, 0.1) is 0 Å². The molecular weight excluding hydrogens is 441 g/mol. The van der Waals surface area contributed by atoms with E-state index in [-0.39, 0.29) is 23.9 Å². The predicted molar refractivity (Wildman–Crippen MR) is 101 cm³/mol. The van der Waals surface area contributed by atoms with Gasteiger partial charge >= 0.3 is 0 Å². The van der Waals surface area contributed by atoms with Crippen LogP contribution in [0.5, 0.6) is 0 Å². The van der Waals surface area contributed by atoms with E-state index >= 15 is 0 Å². The zero-order chi connectivity index (χ0) is 19.0. The number of likely N-dealkylation sites (N-methyl/N-ethyl adjacent to an activating group) is 2. The number of alkyl halides is 6. The topological polar surface area (TPSA) is 40.6 Å². The van der Waals surface area contributed by atoms with Crippen molar-refractivity contribution in [2.45, 2.75) is 33.9 Å². The largest absolute Gasteiger partial charge is 0.328 e. The molecule has 1 heterocycles. The molecule has 2 amide bonds. The third kappa shape index (κ3) is 5.21. The molecule has 0 saturated carbocycles. The van der Waals surface area contributed by atoms with Crippen LogP contribution in [0.2, 0.25) is 0 Å². The lowest BCUT2D eigenvalue weighted by molar-refractivity contribution is -0.149. The summed E-state index contributed by atoms with van der Waals surface area (Å²) in [6.45, 7) is 3.34. The van der Waals surface area contributed by atoms with Gasteiger partial charge in [-0.15, -0.1) is 0 Å². The third-order valence-corrected chi connectivity index (χ3v) is 6.19. The second-order valence-corrected chi connectivity index (χ2v) is 10.6. The quantitative estimate of drug-likeness (QED) is 0.459. The highest BCUT2D eigenvalue weighted by molar-refractivity contribution is 6.68. The first-order valence-electron chi connectivity index (χ1n) is 7.07. The lowest BCUT2D eigenvalue weighted by Gasteiger charge is -2.40. The van der Waals surface area contributed by atoms with Crippen LogP contribution in [-0.2, 0) is 9.59 Å². The first-order valence-corrected chi connectivity index (χ1v) is 9.34. The highest BCUT2D eigenvalue weighted by atomic mass is 35.6. The van der Waals surface area contributed by atoms with Gasteiger partial charge in [-0.1, -0.05) is 83.5 Å². The normalized spacial score (nSPS) is 24.6. The minimum absolute atomic E-state index is 0.152. The molecule has 4 nitrogen and oxygen atoms in total. The van der Waals surface area contributed by atoms with E-state index in [0.717, 1.165) is 0 Å². The molecular formula is C14H18Cl6N2O2. The standard InChI is InChI=1S/C14H18Cl6N2O2/c1-7(13(15,16)17)5-9-11(23)22(4)10(12(24)21(9)3)6-8(2)14(18,19)20/h5,7-8,10H,6H2,1-4H3/b9-5+. The van der Waals surface area contributed by atoms with Crippen LogP contribution >= 0.6 is 69.6 Å². The molecule has 1 saturated heterocycles. The zero-order valence-electron chi connectivity index (χ0n) is 13.5. The molecule has 0 aromatic heterocycles. The molecule has 138 valence electrons. The molecule has 0 bridgehead atoms. The number of carbonyl (C=O) groups is 2. The van der Waals surface area contributed by atoms with Gasteiger partial charge in [-0.3, -0.25) is 9.59 Å². The number of piperazine rings is 1. The Morgan fingerprint density at radius 2 is 1.54 bits per heavy atom. The molecule has 0 aliphatic carbocycles. The van der Waals surface area contributed by atoms with Gasteiger partial charge in [-0.05, 0) is 12.5 Å². The van der Waals surface area contributed by atoms with Crippen molar-refractivity contribution < 1.29 is 9.59 Å². The number of rotatable bonds is 3. The first-order chi connectivity index (χ1) is 10.7. The maximum absolute atomic E-state index is 12.6. The van der Waals surface area contributed by atoms with Crippen molar-refractivity contribution in [1.29, 1.82) is 0 Å². The molecule has 0 N–H and O–H groups in total. The van der Waals surface area contributed by atoms with Gasteiger partial charge in [0.15, 0.2) is 7.59 Å². The molecule has 3 unspecified atom stereocenters. The van der Waals surface area contributed by atoms with Crippen molar-refractivity contribution >= 4 is 81.4 Å². The fraction of sp³-hybridized carbons (Fsp3) is 0.714. The highest BCUT2D eigenvalue weighted by Gasteiger charge is 2.43. The predicted octanol–water partition coefficient (Wildman–Crippen LogP) is 4.57. The first kappa shape index (κ1) is 22.5. The number of nitrogens with zero attached hydrogens (tertiary/aromatic N) is 2. The lowest BCUT2D eigenvalue weighted by Crippen LogP contribution is -2.56. The Labute approximate surface area is 171 Å². The van der Waals surface area contributed by atoms with Crippen LogP contribution in [0.1, 0.15) is 20.3 Å². The Bertz CT molecular complexity index is 540. The van der Waals surface area contributed by atoms with E-state index in [1.165, 1.54) is 30.0 Å². The fourth-order valence-electron chi connectivity index (χ4n) is 2.22. The van der Waals surface area contributed by atoms with Crippen LogP contribution in [-0.4, -0.2) is 49.3 Å². The SMILES string of the molecule is CC(/C=C1\C(=O)N(C)C(CC(C)C(Cl)(Cl)Cl)C(=O)N1C)C(Cl)(Cl)Cl. The van der Waals surface area contributed by atoms with E-state index in [0.29, 0.717) is 0 Å². The molecule has 1 aliphatic rings. The van der Waals surface area contributed by atoms with Crippen molar-refractivity contribution in [3.8, 4) is 0 Å². The molecule has 0 aromatic carbocycles. The number of allylic oxidation sites excluding steroid dienone is 1. The van der Waals surface area contributed by atoms with Gasteiger partial charge in [-0.25, -0.2) is 0 Å². The van der Waals surface area contributed by atoms with Crippen LogP contribution in [0.15, 0.2) is 11.8 Å². The highest BCUT2D eigenvalue weighted by Crippen LogP contribution is 2.39. The van der Waals surface area contributed by atoms with Crippen molar-refractivity contribution in [3.63, 3.8) is 0 Å². The Morgan fingerprint density at radius 3 is 1.96 bits per heavy atom. The van der Waals surface area contributed by atoms with Gasteiger partial charge in [0, 0.05) is 25.9 Å². The average Bonchev–Trinajstić information content (AvgIpc) is 2.43. The number of hydrogen-bond acceptors (Lipinski definition) is 2. The van der Waals surface area contributed by atoms with Crippen LogP contribution in [0.4, 0.5) is 0 Å². The Hall–Kier alpha value is 0.420. The Kier molecular flexibility index (Phi) is 7.46. The average molecular weight is 459 g/mol. The lowest BCUT2D eigenvalue weighted by atomic mass is 9.97. The number of carbonyl (C=O) groups excluding carboxylic acids is 2. The second kappa shape index (κ2) is 7.98. The van der Waals surface area contributed by atoms with E-state index in [1.807, 2.05) is 0 Å². The zero-order valence-corrected chi connectivity index (χ0v) is 18.0. The second-order valence-electron chi connectivity index (χ2n) is 5.89. The van der Waals surface area contributed by atoms with Crippen LogP contribution < -0.4 is 0 Å². The number of amides is 2. The van der Waals surface area contributed by atoms with Gasteiger partial charge in [0.25, 0.3) is 5.91 Å². The van der Waals surface area contributed by atoms with E-state index in [4.69, 9.17) is 69.6 Å². The van der Waals surface area contributed by atoms with Crippen molar-refractivity contribution in [3.05, 3.63) is 11.8 Å². The summed E-state index contributed by atoms with van der Waals surface area (Å²) >= 11 is 35.1. The monoisotopic (exact) mass is 456 g/mol. The van der Waals surface area contributed by atoms with Crippen molar-refractivity contribution in [2.75, 3.05) is 14.1 Å². The summed E-state index contributed by atoms with van der Waals surface area (Å²) in [5.41, 5.74) is 0.152. The molecule has 1 rings (SSSR count). The van der Waals surface area contributed by atoms with Gasteiger partial charge in [0.1, 0.15) is 11.7 Å². The molecule has 24 heavy (non-hydrogen) atoms. The fourth-order valence-corrected chi connectivity index (χ4v) is 2.67. The number of hydrogen-bond donors (Lipinski definition) is 0. The van der Waals surface area contributed by atoms with Gasteiger partial charge in [-0.2, -0.15) is 0 Å². The molecule has 0 aromatic rings. The van der Waals surface area contributed by atoms with Crippen molar-refractivity contribution in [1.82, 2.24) is 9.80 Å². The summed E-state index contributed by atoms with van der Waals surface area (Å²) in [6.07, 6.45) is 1.69. The van der Waals surface area contributed by atoms with Crippen molar-refractivity contribution in [2.24, 2.45) is 11.8 Å². The molecule has 1 fully saturated rings. The van der Waals surface area contributed by atoms with Crippen LogP contribution in [0.3, 0.4) is 0 Å². The van der Waals surface area contributed by atoms with E-state index in [1.54, 1.807) is 13.8 Å². The Morgan fingerprint density at radius 1 is 1.04 bits per heavy atom. The molecule has 1 aliphatic heterocycles. The maximum atomic E-state index is 12.6. The van der Waals surface area contributed by atoms with E-state index in [9.17, 15) is 9.59 Å². The summed E-state index contributed by atoms with van der Waals surface area (Å²) in [7, 11) is 3.02.